The summed E-state index contributed by atoms with van der Waals surface area (Å²) in [5.74, 6) is 1.29. The molecule has 1 aliphatic rings. The van der Waals surface area contributed by atoms with Crippen molar-refractivity contribution < 1.29 is 9.53 Å². The van der Waals surface area contributed by atoms with Gasteiger partial charge in [-0.2, -0.15) is 0 Å². The lowest BCUT2D eigenvalue weighted by Gasteiger charge is -2.34. The molecule has 3 heteroatoms. The van der Waals surface area contributed by atoms with Crippen LogP contribution >= 0.6 is 0 Å². The molecule has 2 unspecified atom stereocenters. The maximum absolute atomic E-state index is 11.1. The minimum absolute atomic E-state index is 0.236. The molecule has 0 aromatic rings. The molecule has 16 heavy (non-hydrogen) atoms. The molecule has 0 aliphatic carbocycles. The van der Waals surface area contributed by atoms with Crippen LogP contribution < -0.4 is 0 Å². The number of ether oxygens (including phenoxy) is 1. The van der Waals surface area contributed by atoms with Gasteiger partial charge in [0, 0.05) is 25.7 Å². The predicted molar refractivity (Wildman–Crippen MR) is 65.2 cm³/mol. The molecule has 0 amide bonds. The molecule has 0 N–H and O–H groups in total. The van der Waals surface area contributed by atoms with Crippen molar-refractivity contribution in [3.8, 4) is 0 Å². The Hall–Kier alpha value is -0.830. The summed E-state index contributed by atoms with van der Waals surface area (Å²) in [6.45, 7) is 9.97. The molecule has 0 aromatic carbocycles. The van der Waals surface area contributed by atoms with Crippen LogP contribution in [0.5, 0.6) is 0 Å². The molecule has 0 bridgehead atoms. The Morgan fingerprint density at radius 2 is 2.00 bits per heavy atom. The molecule has 1 rings (SSSR count). The smallest absolute Gasteiger partial charge is 0.330 e. The van der Waals surface area contributed by atoms with E-state index in [1.165, 1.54) is 12.5 Å². The standard InChI is InChI=1S/C13H23NO2/c1-4-16-13(15)6-5-7-14-9-11(2)8-12(3)10-14/h5-6,11-12H,4,7-10H2,1-3H3/b6-5+. The first-order valence-corrected chi connectivity index (χ1v) is 6.17. The van der Waals surface area contributed by atoms with Crippen LogP contribution in [0.15, 0.2) is 12.2 Å². The number of nitrogens with zero attached hydrogens (tertiary/aromatic N) is 1. The minimum atomic E-state index is -0.236. The van der Waals surface area contributed by atoms with E-state index in [9.17, 15) is 4.79 Å². The Kier molecular flexibility index (Phi) is 5.53. The maximum atomic E-state index is 11.1. The van der Waals surface area contributed by atoms with Gasteiger partial charge in [0.15, 0.2) is 0 Å². The van der Waals surface area contributed by atoms with E-state index in [4.69, 9.17) is 4.74 Å². The number of piperidine rings is 1. The van der Waals surface area contributed by atoms with Crippen molar-refractivity contribution >= 4 is 5.97 Å². The van der Waals surface area contributed by atoms with Crippen molar-refractivity contribution in [3.63, 3.8) is 0 Å². The third-order valence-corrected chi connectivity index (χ3v) is 2.85. The predicted octanol–water partition coefficient (Wildman–Crippen LogP) is 2.08. The van der Waals surface area contributed by atoms with Crippen molar-refractivity contribution in [2.24, 2.45) is 11.8 Å². The largest absolute Gasteiger partial charge is 0.463 e. The van der Waals surface area contributed by atoms with E-state index >= 15 is 0 Å². The fourth-order valence-corrected chi connectivity index (χ4v) is 2.43. The Morgan fingerprint density at radius 1 is 1.38 bits per heavy atom. The molecule has 1 fully saturated rings. The Labute approximate surface area is 98.5 Å². The first-order chi connectivity index (χ1) is 7.61. The number of carbonyl (C=O) groups is 1. The highest BCUT2D eigenvalue weighted by atomic mass is 16.5. The highest BCUT2D eigenvalue weighted by molar-refractivity contribution is 5.81. The zero-order valence-electron chi connectivity index (χ0n) is 10.6. The second kappa shape index (κ2) is 6.69. The summed E-state index contributed by atoms with van der Waals surface area (Å²) in [5.41, 5.74) is 0. The van der Waals surface area contributed by atoms with E-state index in [1.54, 1.807) is 0 Å². The van der Waals surface area contributed by atoms with Gasteiger partial charge in [-0.15, -0.1) is 0 Å². The molecule has 2 atom stereocenters. The van der Waals surface area contributed by atoms with Crippen LogP contribution in [0.25, 0.3) is 0 Å². The highest BCUT2D eigenvalue weighted by Gasteiger charge is 2.20. The van der Waals surface area contributed by atoms with E-state index in [0.717, 1.165) is 31.5 Å². The first kappa shape index (κ1) is 13.2. The summed E-state index contributed by atoms with van der Waals surface area (Å²) in [6.07, 6.45) is 4.76. The normalized spacial score (nSPS) is 27.2. The van der Waals surface area contributed by atoms with Crippen LogP contribution in [0.2, 0.25) is 0 Å². The van der Waals surface area contributed by atoms with Gasteiger partial charge >= 0.3 is 5.97 Å². The fourth-order valence-electron chi connectivity index (χ4n) is 2.43. The summed E-state index contributed by atoms with van der Waals surface area (Å²) < 4.78 is 4.83. The molecule has 0 radical (unpaired) electrons. The molecule has 0 spiro atoms. The quantitative estimate of drug-likeness (QED) is 0.542. The molecule has 3 nitrogen and oxygen atoms in total. The lowest BCUT2D eigenvalue weighted by Crippen LogP contribution is -2.38. The van der Waals surface area contributed by atoms with Gasteiger partial charge < -0.3 is 4.74 Å². The topological polar surface area (TPSA) is 29.5 Å². The summed E-state index contributed by atoms with van der Waals surface area (Å²) in [4.78, 5) is 13.5. The van der Waals surface area contributed by atoms with Gasteiger partial charge in [-0.1, -0.05) is 19.9 Å². The number of likely N-dealkylation sites (tertiary alicyclic amines) is 1. The Balaban J connectivity index is 2.28. The van der Waals surface area contributed by atoms with Crippen LogP contribution in [0, 0.1) is 11.8 Å². The molecule has 0 saturated carbocycles. The SMILES string of the molecule is CCOC(=O)/C=C/CN1CC(C)CC(C)C1. The van der Waals surface area contributed by atoms with E-state index in [1.807, 2.05) is 13.0 Å². The van der Waals surface area contributed by atoms with Crippen LogP contribution in [0.4, 0.5) is 0 Å². The third kappa shape index (κ3) is 4.79. The summed E-state index contributed by atoms with van der Waals surface area (Å²) in [7, 11) is 0. The van der Waals surface area contributed by atoms with Gasteiger partial charge in [0.2, 0.25) is 0 Å². The summed E-state index contributed by atoms with van der Waals surface area (Å²) >= 11 is 0. The average Bonchev–Trinajstić information content (AvgIpc) is 2.16. The Bertz CT molecular complexity index is 240. The van der Waals surface area contributed by atoms with Gasteiger partial charge in [-0.05, 0) is 25.2 Å². The van der Waals surface area contributed by atoms with Gasteiger partial charge in [-0.3, -0.25) is 4.90 Å². The molecule has 1 heterocycles. The van der Waals surface area contributed by atoms with Crippen molar-refractivity contribution in [1.82, 2.24) is 4.90 Å². The lowest BCUT2D eigenvalue weighted by molar-refractivity contribution is -0.137. The van der Waals surface area contributed by atoms with Gasteiger partial charge in [0.05, 0.1) is 6.61 Å². The fraction of sp³-hybridized carbons (Fsp3) is 0.769. The number of esters is 1. The molecule has 0 aromatic heterocycles. The van der Waals surface area contributed by atoms with Crippen molar-refractivity contribution in [3.05, 3.63) is 12.2 Å². The van der Waals surface area contributed by atoms with E-state index < -0.39 is 0 Å². The van der Waals surface area contributed by atoms with Crippen LogP contribution in [-0.2, 0) is 9.53 Å². The molecular weight excluding hydrogens is 202 g/mol. The second-order valence-electron chi connectivity index (χ2n) is 4.82. The molecule has 1 saturated heterocycles. The van der Waals surface area contributed by atoms with Crippen molar-refractivity contribution in [2.45, 2.75) is 27.2 Å². The van der Waals surface area contributed by atoms with Crippen LogP contribution in [0.1, 0.15) is 27.2 Å². The van der Waals surface area contributed by atoms with Crippen LogP contribution in [-0.4, -0.2) is 37.1 Å². The van der Waals surface area contributed by atoms with Crippen molar-refractivity contribution in [2.75, 3.05) is 26.2 Å². The molecule has 1 aliphatic heterocycles. The summed E-state index contributed by atoms with van der Waals surface area (Å²) in [6, 6.07) is 0. The number of carbonyl (C=O) groups excluding carboxylic acids is 1. The van der Waals surface area contributed by atoms with E-state index in [2.05, 4.69) is 18.7 Å². The molecular formula is C13H23NO2. The van der Waals surface area contributed by atoms with Gasteiger partial charge in [0.25, 0.3) is 0 Å². The van der Waals surface area contributed by atoms with E-state index in [0.29, 0.717) is 6.61 Å². The number of hydrogen-bond acceptors (Lipinski definition) is 3. The van der Waals surface area contributed by atoms with Crippen LogP contribution in [0.3, 0.4) is 0 Å². The highest BCUT2D eigenvalue weighted by Crippen LogP contribution is 2.20. The molecule has 92 valence electrons. The minimum Gasteiger partial charge on any atom is -0.463 e. The van der Waals surface area contributed by atoms with Gasteiger partial charge in [0.1, 0.15) is 0 Å². The lowest BCUT2D eigenvalue weighted by atomic mass is 9.92. The first-order valence-electron chi connectivity index (χ1n) is 6.17. The monoisotopic (exact) mass is 225 g/mol. The van der Waals surface area contributed by atoms with Crippen molar-refractivity contribution in [1.29, 1.82) is 0 Å². The summed E-state index contributed by atoms with van der Waals surface area (Å²) in [5, 5.41) is 0. The third-order valence-electron chi connectivity index (χ3n) is 2.85. The zero-order valence-corrected chi connectivity index (χ0v) is 10.6. The van der Waals surface area contributed by atoms with Gasteiger partial charge in [-0.25, -0.2) is 4.79 Å². The van der Waals surface area contributed by atoms with E-state index in [-0.39, 0.29) is 5.97 Å². The Morgan fingerprint density at radius 3 is 2.56 bits per heavy atom. The second-order valence-corrected chi connectivity index (χ2v) is 4.82. The maximum Gasteiger partial charge on any atom is 0.330 e. The zero-order chi connectivity index (χ0) is 12.0. The average molecular weight is 225 g/mol. The number of rotatable bonds is 4. The number of hydrogen-bond donors (Lipinski definition) is 0.